The number of fused-ring (bicyclic) bond motifs is 1. The van der Waals surface area contributed by atoms with Crippen molar-refractivity contribution in [3.05, 3.63) is 18.2 Å². The molecule has 0 radical (unpaired) electrons. The van der Waals surface area contributed by atoms with Crippen LogP contribution in [0.4, 0.5) is 11.4 Å². The lowest BCUT2D eigenvalue weighted by Crippen LogP contribution is -2.21. The summed E-state index contributed by atoms with van der Waals surface area (Å²) in [4.78, 5) is 12.5. The van der Waals surface area contributed by atoms with Gasteiger partial charge in [0.25, 0.3) is 0 Å². The van der Waals surface area contributed by atoms with Crippen LogP contribution in [0.15, 0.2) is 23.1 Å². The summed E-state index contributed by atoms with van der Waals surface area (Å²) in [6, 6.07) is 6.80. The van der Waals surface area contributed by atoms with E-state index in [9.17, 15) is 4.79 Å². The van der Waals surface area contributed by atoms with Crippen molar-refractivity contribution in [2.75, 3.05) is 22.1 Å². The number of hydrogen-bond acceptors (Lipinski definition) is 4. The van der Waals surface area contributed by atoms with Gasteiger partial charge in [0, 0.05) is 27.6 Å². The van der Waals surface area contributed by atoms with Gasteiger partial charge in [0.05, 0.1) is 11.4 Å². The second-order valence-electron chi connectivity index (χ2n) is 4.77. The predicted molar refractivity (Wildman–Crippen MR) is 79.7 cm³/mol. The Hall–Kier alpha value is -0.810. The third-order valence-electron chi connectivity index (χ3n) is 3.18. The van der Waals surface area contributed by atoms with Gasteiger partial charge in [0.2, 0.25) is 5.91 Å². The van der Waals surface area contributed by atoms with Crippen LogP contribution in [-0.4, -0.2) is 28.7 Å². The summed E-state index contributed by atoms with van der Waals surface area (Å²) >= 11 is 3.62. The van der Waals surface area contributed by atoms with E-state index < -0.39 is 0 Å². The van der Waals surface area contributed by atoms with Crippen LogP contribution in [0.2, 0.25) is 0 Å². The molecular formula is C13H16N2OS2. The van der Waals surface area contributed by atoms with Crippen molar-refractivity contribution in [1.82, 2.24) is 0 Å². The van der Waals surface area contributed by atoms with E-state index in [1.165, 1.54) is 12.2 Å². The van der Waals surface area contributed by atoms with E-state index in [0.717, 1.165) is 21.5 Å². The monoisotopic (exact) mass is 280 g/mol. The zero-order valence-corrected chi connectivity index (χ0v) is 11.9. The SMILES string of the molecule is CC1CC(Nc2ccc3c(c2)NC(=O)CS3)CS1. The molecule has 2 aliphatic heterocycles. The number of carbonyl (C=O) groups is 1. The lowest BCUT2D eigenvalue weighted by molar-refractivity contribution is -0.113. The Kier molecular flexibility index (Phi) is 3.43. The molecule has 2 N–H and O–H groups in total. The largest absolute Gasteiger partial charge is 0.381 e. The summed E-state index contributed by atoms with van der Waals surface area (Å²) in [7, 11) is 0. The summed E-state index contributed by atoms with van der Waals surface area (Å²) < 4.78 is 0. The molecule has 18 heavy (non-hydrogen) atoms. The highest BCUT2D eigenvalue weighted by molar-refractivity contribution is 8.00. The third kappa shape index (κ3) is 2.62. The minimum atomic E-state index is 0.0923. The number of thioether (sulfide) groups is 2. The number of benzene rings is 1. The van der Waals surface area contributed by atoms with Gasteiger partial charge in [0.1, 0.15) is 0 Å². The van der Waals surface area contributed by atoms with Gasteiger partial charge in [0.15, 0.2) is 0 Å². The molecule has 2 atom stereocenters. The van der Waals surface area contributed by atoms with Crippen molar-refractivity contribution in [3.8, 4) is 0 Å². The highest BCUT2D eigenvalue weighted by Crippen LogP contribution is 2.34. The molecule has 0 bridgehead atoms. The molecule has 0 saturated carbocycles. The zero-order valence-electron chi connectivity index (χ0n) is 10.2. The second-order valence-corrected chi connectivity index (χ2v) is 7.26. The molecule has 1 aromatic rings. The minimum absolute atomic E-state index is 0.0923. The fraction of sp³-hybridized carbons (Fsp3) is 0.462. The van der Waals surface area contributed by atoms with Crippen molar-refractivity contribution in [1.29, 1.82) is 0 Å². The number of anilines is 2. The van der Waals surface area contributed by atoms with E-state index in [0.29, 0.717) is 11.8 Å². The van der Waals surface area contributed by atoms with Crippen LogP contribution in [0.1, 0.15) is 13.3 Å². The average Bonchev–Trinajstić information content (AvgIpc) is 2.74. The topological polar surface area (TPSA) is 41.1 Å². The maximum Gasteiger partial charge on any atom is 0.234 e. The van der Waals surface area contributed by atoms with E-state index in [4.69, 9.17) is 0 Å². The maximum absolute atomic E-state index is 11.4. The predicted octanol–water partition coefficient (Wildman–Crippen LogP) is 3.04. The summed E-state index contributed by atoms with van der Waals surface area (Å²) in [6.45, 7) is 2.27. The highest BCUT2D eigenvalue weighted by Gasteiger charge is 2.22. The Bertz CT molecular complexity index is 478. The van der Waals surface area contributed by atoms with Gasteiger partial charge in [-0.25, -0.2) is 0 Å². The van der Waals surface area contributed by atoms with Crippen LogP contribution >= 0.6 is 23.5 Å². The molecule has 96 valence electrons. The van der Waals surface area contributed by atoms with E-state index in [2.05, 4.69) is 29.7 Å². The average molecular weight is 280 g/mol. The number of hydrogen-bond donors (Lipinski definition) is 2. The van der Waals surface area contributed by atoms with E-state index >= 15 is 0 Å². The molecule has 2 aliphatic rings. The Morgan fingerprint density at radius 3 is 3.11 bits per heavy atom. The van der Waals surface area contributed by atoms with Gasteiger partial charge in [-0.1, -0.05) is 6.92 Å². The Labute approximate surface area is 115 Å². The number of rotatable bonds is 2. The number of nitrogens with one attached hydrogen (secondary N) is 2. The van der Waals surface area contributed by atoms with Crippen LogP contribution in [0, 0.1) is 0 Å². The van der Waals surface area contributed by atoms with Gasteiger partial charge in [-0.15, -0.1) is 11.8 Å². The highest BCUT2D eigenvalue weighted by atomic mass is 32.2. The Morgan fingerprint density at radius 1 is 1.44 bits per heavy atom. The van der Waals surface area contributed by atoms with Gasteiger partial charge < -0.3 is 10.6 Å². The zero-order chi connectivity index (χ0) is 12.5. The van der Waals surface area contributed by atoms with E-state index in [1.54, 1.807) is 11.8 Å². The summed E-state index contributed by atoms with van der Waals surface area (Å²) in [6.07, 6.45) is 1.21. The molecule has 2 unspecified atom stereocenters. The smallest absolute Gasteiger partial charge is 0.234 e. The molecule has 3 rings (SSSR count). The Balaban J connectivity index is 1.73. The van der Waals surface area contributed by atoms with Crippen LogP contribution < -0.4 is 10.6 Å². The van der Waals surface area contributed by atoms with Gasteiger partial charge in [-0.3, -0.25) is 4.79 Å². The molecule has 2 heterocycles. The fourth-order valence-corrected chi connectivity index (χ4v) is 4.26. The maximum atomic E-state index is 11.4. The first-order valence-electron chi connectivity index (χ1n) is 6.15. The van der Waals surface area contributed by atoms with Crippen LogP contribution in [-0.2, 0) is 4.79 Å². The molecule has 1 amide bonds. The molecule has 0 spiro atoms. The molecule has 1 fully saturated rings. The Morgan fingerprint density at radius 2 is 2.33 bits per heavy atom. The number of carbonyl (C=O) groups excluding carboxylic acids is 1. The van der Waals surface area contributed by atoms with E-state index in [1.807, 2.05) is 17.8 Å². The lowest BCUT2D eigenvalue weighted by atomic mass is 10.2. The fourth-order valence-electron chi connectivity index (χ4n) is 2.33. The van der Waals surface area contributed by atoms with Crippen LogP contribution in [0.3, 0.4) is 0 Å². The molecule has 3 nitrogen and oxygen atoms in total. The second kappa shape index (κ2) is 5.05. The van der Waals surface area contributed by atoms with Crippen molar-refractivity contribution in [2.45, 2.75) is 29.5 Å². The first-order valence-corrected chi connectivity index (χ1v) is 8.19. The third-order valence-corrected chi connectivity index (χ3v) is 5.61. The molecule has 0 aliphatic carbocycles. The van der Waals surface area contributed by atoms with Gasteiger partial charge >= 0.3 is 0 Å². The molecule has 5 heteroatoms. The summed E-state index contributed by atoms with van der Waals surface area (Å²) in [5, 5.41) is 7.23. The van der Waals surface area contributed by atoms with Gasteiger partial charge in [-0.05, 0) is 24.6 Å². The molecule has 1 saturated heterocycles. The molecule has 1 aromatic carbocycles. The van der Waals surface area contributed by atoms with Crippen molar-refractivity contribution in [3.63, 3.8) is 0 Å². The van der Waals surface area contributed by atoms with Crippen molar-refractivity contribution < 1.29 is 4.79 Å². The summed E-state index contributed by atoms with van der Waals surface area (Å²) in [5.41, 5.74) is 2.05. The molecular weight excluding hydrogens is 264 g/mol. The lowest BCUT2D eigenvalue weighted by Gasteiger charge is -2.19. The molecule has 0 aromatic heterocycles. The van der Waals surface area contributed by atoms with Crippen molar-refractivity contribution in [2.24, 2.45) is 0 Å². The van der Waals surface area contributed by atoms with Crippen LogP contribution in [0.5, 0.6) is 0 Å². The minimum Gasteiger partial charge on any atom is -0.381 e. The normalized spacial score (nSPS) is 26.6. The quantitative estimate of drug-likeness (QED) is 0.873. The summed E-state index contributed by atoms with van der Waals surface area (Å²) in [5.74, 6) is 1.78. The number of amides is 1. The van der Waals surface area contributed by atoms with E-state index in [-0.39, 0.29) is 5.91 Å². The van der Waals surface area contributed by atoms with Crippen LogP contribution in [0.25, 0.3) is 0 Å². The first-order chi connectivity index (χ1) is 8.70. The van der Waals surface area contributed by atoms with Crippen molar-refractivity contribution >= 4 is 40.8 Å². The van der Waals surface area contributed by atoms with Gasteiger partial charge in [-0.2, -0.15) is 11.8 Å². The first kappa shape index (κ1) is 12.2. The standard InChI is InChI=1S/C13H16N2OS2/c1-8-4-10(6-17-8)14-9-2-3-12-11(5-9)15-13(16)7-18-12/h2-3,5,8,10,14H,4,6-7H2,1H3,(H,15,16).